The van der Waals surface area contributed by atoms with Crippen LogP contribution < -0.4 is 0 Å². The van der Waals surface area contributed by atoms with E-state index in [1.807, 2.05) is 32.9 Å². The zero-order valence-electron chi connectivity index (χ0n) is 13.6. The van der Waals surface area contributed by atoms with Gasteiger partial charge in [-0.05, 0) is 44.9 Å². The number of hydrogen-bond donors (Lipinski definition) is 0. The van der Waals surface area contributed by atoms with Crippen LogP contribution in [0, 0.1) is 0 Å². The molecular formula is C16H25N3O2. The number of aromatic nitrogens is 1. The molecular weight excluding hydrogens is 266 g/mol. The molecule has 5 nitrogen and oxygen atoms in total. The average molecular weight is 291 g/mol. The second-order valence-corrected chi connectivity index (χ2v) is 6.20. The summed E-state index contributed by atoms with van der Waals surface area (Å²) in [6.07, 6.45) is 4.27. The van der Waals surface area contributed by atoms with E-state index in [9.17, 15) is 9.59 Å². The quantitative estimate of drug-likeness (QED) is 0.830. The van der Waals surface area contributed by atoms with E-state index in [0.717, 1.165) is 12.0 Å². The smallest absolute Gasteiger partial charge is 0.241 e. The predicted molar refractivity (Wildman–Crippen MR) is 82.7 cm³/mol. The van der Waals surface area contributed by atoms with Crippen LogP contribution in [0.4, 0.5) is 0 Å². The molecule has 1 rings (SSSR count). The van der Waals surface area contributed by atoms with Gasteiger partial charge in [-0.25, -0.2) is 0 Å². The SMILES string of the molecule is CC(=O)N(CC(=O)N(C)CCc1ccncc1)C(C)(C)C. The Morgan fingerprint density at radius 3 is 2.24 bits per heavy atom. The highest BCUT2D eigenvalue weighted by Crippen LogP contribution is 2.13. The molecule has 0 unspecified atom stereocenters. The van der Waals surface area contributed by atoms with E-state index in [2.05, 4.69) is 4.98 Å². The van der Waals surface area contributed by atoms with Crippen molar-refractivity contribution >= 4 is 11.8 Å². The van der Waals surface area contributed by atoms with Gasteiger partial charge >= 0.3 is 0 Å². The highest BCUT2D eigenvalue weighted by Gasteiger charge is 2.26. The minimum Gasteiger partial charge on any atom is -0.344 e. The highest BCUT2D eigenvalue weighted by molar-refractivity contribution is 5.84. The van der Waals surface area contributed by atoms with Gasteiger partial charge in [-0.15, -0.1) is 0 Å². The molecule has 116 valence electrons. The van der Waals surface area contributed by atoms with Gasteiger partial charge in [0.1, 0.15) is 6.54 Å². The zero-order valence-corrected chi connectivity index (χ0v) is 13.6. The van der Waals surface area contributed by atoms with Crippen LogP contribution in [0.2, 0.25) is 0 Å². The van der Waals surface area contributed by atoms with Crippen molar-refractivity contribution in [1.29, 1.82) is 0 Å². The lowest BCUT2D eigenvalue weighted by atomic mass is 10.1. The fourth-order valence-electron chi connectivity index (χ4n) is 2.05. The molecule has 0 saturated carbocycles. The highest BCUT2D eigenvalue weighted by atomic mass is 16.2. The summed E-state index contributed by atoms with van der Waals surface area (Å²) >= 11 is 0. The maximum Gasteiger partial charge on any atom is 0.241 e. The second-order valence-electron chi connectivity index (χ2n) is 6.20. The fraction of sp³-hybridized carbons (Fsp3) is 0.562. The van der Waals surface area contributed by atoms with Crippen LogP contribution in [0.5, 0.6) is 0 Å². The minimum absolute atomic E-state index is 0.0471. The Labute approximate surface area is 127 Å². The summed E-state index contributed by atoms with van der Waals surface area (Å²) < 4.78 is 0. The number of rotatable bonds is 5. The maximum absolute atomic E-state index is 12.2. The van der Waals surface area contributed by atoms with Crippen LogP contribution in [0.25, 0.3) is 0 Å². The van der Waals surface area contributed by atoms with Crippen molar-refractivity contribution in [2.24, 2.45) is 0 Å². The fourth-order valence-corrected chi connectivity index (χ4v) is 2.05. The van der Waals surface area contributed by atoms with Crippen molar-refractivity contribution in [3.05, 3.63) is 30.1 Å². The van der Waals surface area contributed by atoms with Crippen LogP contribution in [0.3, 0.4) is 0 Å². The second kappa shape index (κ2) is 7.20. The van der Waals surface area contributed by atoms with Crippen LogP contribution in [-0.2, 0) is 16.0 Å². The third-order valence-electron chi connectivity index (χ3n) is 3.39. The molecule has 1 aromatic rings. The molecule has 0 saturated heterocycles. The van der Waals surface area contributed by atoms with E-state index in [0.29, 0.717) is 6.54 Å². The number of likely N-dealkylation sites (N-methyl/N-ethyl adjacent to an activating group) is 1. The first-order valence-electron chi connectivity index (χ1n) is 7.13. The molecule has 0 radical (unpaired) electrons. The van der Waals surface area contributed by atoms with Gasteiger partial charge in [-0.1, -0.05) is 0 Å². The molecule has 0 bridgehead atoms. The average Bonchev–Trinajstić information content (AvgIpc) is 2.41. The number of carbonyl (C=O) groups is 2. The molecule has 1 aromatic heterocycles. The molecule has 0 atom stereocenters. The molecule has 0 fully saturated rings. The first kappa shape index (κ1) is 17.1. The molecule has 5 heteroatoms. The zero-order chi connectivity index (χ0) is 16.0. The summed E-state index contributed by atoms with van der Waals surface area (Å²) in [4.78, 5) is 31.2. The number of hydrogen-bond acceptors (Lipinski definition) is 3. The predicted octanol–water partition coefficient (Wildman–Crippen LogP) is 1.73. The Bertz CT molecular complexity index is 480. The van der Waals surface area contributed by atoms with Crippen molar-refractivity contribution in [1.82, 2.24) is 14.8 Å². The topological polar surface area (TPSA) is 53.5 Å². The summed E-state index contributed by atoms with van der Waals surface area (Å²) in [6.45, 7) is 8.02. The lowest BCUT2D eigenvalue weighted by Crippen LogP contribution is -2.50. The van der Waals surface area contributed by atoms with Crippen molar-refractivity contribution < 1.29 is 9.59 Å². The van der Waals surface area contributed by atoms with Crippen molar-refractivity contribution in [3.63, 3.8) is 0 Å². The van der Waals surface area contributed by atoms with E-state index in [1.165, 1.54) is 6.92 Å². The summed E-state index contributed by atoms with van der Waals surface area (Å²) in [6, 6.07) is 3.88. The molecule has 0 aliphatic carbocycles. The lowest BCUT2D eigenvalue weighted by molar-refractivity contribution is -0.142. The largest absolute Gasteiger partial charge is 0.344 e. The van der Waals surface area contributed by atoms with Crippen LogP contribution >= 0.6 is 0 Å². The van der Waals surface area contributed by atoms with Gasteiger partial charge in [0.15, 0.2) is 0 Å². The summed E-state index contributed by atoms with van der Waals surface area (Å²) in [5.41, 5.74) is 0.789. The minimum atomic E-state index is -0.354. The van der Waals surface area contributed by atoms with Crippen molar-refractivity contribution in [3.8, 4) is 0 Å². The molecule has 2 amide bonds. The number of pyridine rings is 1. The van der Waals surface area contributed by atoms with Gasteiger partial charge in [-0.2, -0.15) is 0 Å². The van der Waals surface area contributed by atoms with Crippen LogP contribution in [0.15, 0.2) is 24.5 Å². The standard InChI is InChI=1S/C16H25N3O2/c1-13(20)19(16(2,3)4)12-15(21)18(5)11-8-14-6-9-17-10-7-14/h6-7,9-10H,8,11-12H2,1-5H3. The lowest BCUT2D eigenvalue weighted by Gasteiger charge is -2.35. The third kappa shape index (κ3) is 5.53. The van der Waals surface area contributed by atoms with E-state index >= 15 is 0 Å². The molecule has 0 aliphatic rings. The Kier molecular flexibility index (Phi) is 5.88. The van der Waals surface area contributed by atoms with E-state index in [-0.39, 0.29) is 23.9 Å². The van der Waals surface area contributed by atoms with Gasteiger partial charge in [0.05, 0.1) is 0 Å². The normalized spacial score (nSPS) is 11.1. The maximum atomic E-state index is 12.2. The van der Waals surface area contributed by atoms with Crippen molar-refractivity contribution in [2.75, 3.05) is 20.1 Å². The molecule has 0 N–H and O–H groups in total. The summed E-state index contributed by atoms with van der Waals surface area (Å²) in [7, 11) is 1.77. The summed E-state index contributed by atoms with van der Waals surface area (Å²) in [5.74, 6) is -0.132. The van der Waals surface area contributed by atoms with E-state index < -0.39 is 0 Å². The monoisotopic (exact) mass is 291 g/mol. The molecule has 0 spiro atoms. The Hall–Kier alpha value is -1.91. The Morgan fingerprint density at radius 2 is 1.76 bits per heavy atom. The van der Waals surface area contributed by atoms with Gasteiger partial charge < -0.3 is 9.80 Å². The van der Waals surface area contributed by atoms with Crippen LogP contribution in [0.1, 0.15) is 33.3 Å². The van der Waals surface area contributed by atoms with Gasteiger partial charge in [-0.3, -0.25) is 14.6 Å². The number of amides is 2. The van der Waals surface area contributed by atoms with Gasteiger partial charge in [0, 0.05) is 38.4 Å². The first-order chi connectivity index (χ1) is 9.71. The third-order valence-corrected chi connectivity index (χ3v) is 3.39. The number of carbonyl (C=O) groups excluding carboxylic acids is 2. The van der Waals surface area contributed by atoms with Gasteiger partial charge in [0.2, 0.25) is 11.8 Å². The molecule has 1 heterocycles. The number of nitrogens with zero attached hydrogens (tertiary/aromatic N) is 3. The Morgan fingerprint density at radius 1 is 1.19 bits per heavy atom. The first-order valence-corrected chi connectivity index (χ1v) is 7.13. The Balaban J connectivity index is 2.56. The van der Waals surface area contributed by atoms with Crippen molar-refractivity contribution in [2.45, 2.75) is 39.7 Å². The van der Waals surface area contributed by atoms with Gasteiger partial charge in [0.25, 0.3) is 0 Å². The van der Waals surface area contributed by atoms with Crippen LogP contribution in [-0.4, -0.2) is 52.3 Å². The molecule has 21 heavy (non-hydrogen) atoms. The summed E-state index contributed by atoms with van der Waals surface area (Å²) in [5, 5.41) is 0. The van der Waals surface area contributed by atoms with E-state index in [4.69, 9.17) is 0 Å². The van der Waals surface area contributed by atoms with E-state index in [1.54, 1.807) is 29.2 Å². The molecule has 0 aliphatic heterocycles. The molecule has 0 aromatic carbocycles.